The summed E-state index contributed by atoms with van der Waals surface area (Å²) in [6.45, 7) is 7.33. The monoisotopic (exact) mass is 1110 g/mol. The van der Waals surface area contributed by atoms with Crippen molar-refractivity contribution in [2.24, 2.45) is 14.1 Å². The SMILES string of the molecule is C1CCOC1.CCCC(=O)OC[C@H]1CO1.Cn1nnc(N2Cc3cn(-c4ccc(N5C[C@H](CO)OC5=O)cc4F)nc3C2)n1.Cn1nnc(N2Cc3cn(-c4ccc(NC(=O)OCc5ccccc5)cc4F)nc3C2)n1.[2H]CS.[H-].[Li+]. The number of carbonyl (C=O) groups excluding carboxylic acids is 3. The molecule has 12 rings (SSSR count). The number of nitrogens with zero attached hydrogens (tertiary/aromatic N) is 15. The van der Waals surface area contributed by atoms with Crippen molar-refractivity contribution in [2.45, 2.75) is 77.6 Å². The Balaban J connectivity index is 0.000000197. The van der Waals surface area contributed by atoms with Crippen LogP contribution in [0.3, 0.4) is 0 Å². The average molecular weight is 1110 g/mol. The maximum Gasteiger partial charge on any atom is 1.00 e. The van der Waals surface area contributed by atoms with E-state index in [1.807, 2.05) is 47.1 Å². The van der Waals surface area contributed by atoms with Crippen molar-refractivity contribution < 1.29 is 73.6 Å². The second kappa shape index (κ2) is 28.4. The number of carbonyl (C=O) groups is 3. The number of nitrogens with one attached hydrogen (secondary N) is 1. The molecule has 0 aliphatic carbocycles. The van der Waals surface area contributed by atoms with Gasteiger partial charge in [0.05, 0.1) is 64.0 Å². The minimum absolute atomic E-state index is 0. The smallest absolute Gasteiger partial charge is 1.00 e. The van der Waals surface area contributed by atoms with Crippen molar-refractivity contribution in [1.29, 1.82) is 0 Å². The van der Waals surface area contributed by atoms with Gasteiger partial charge in [0.2, 0.25) is 0 Å². The van der Waals surface area contributed by atoms with Gasteiger partial charge in [-0.1, -0.05) is 47.5 Å². The summed E-state index contributed by atoms with van der Waals surface area (Å²) in [4.78, 5) is 42.5. The summed E-state index contributed by atoms with van der Waals surface area (Å²) in [5, 5.41) is 44.7. The number of hydrogen-bond donors (Lipinski definition) is 3. The first kappa shape index (κ1) is 57.7. The van der Waals surface area contributed by atoms with E-state index in [0.717, 1.165) is 54.3 Å². The van der Waals surface area contributed by atoms with Crippen LogP contribution in [0.25, 0.3) is 11.4 Å². The molecule has 2 amide bonds. The van der Waals surface area contributed by atoms with E-state index < -0.39 is 29.9 Å². The van der Waals surface area contributed by atoms with E-state index in [1.165, 1.54) is 48.8 Å². The number of aliphatic hydroxyl groups excluding tert-OH is 1. The van der Waals surface area contributed by atoms with E-state index in [-0.39, 0.29) is 69.7 Å². The van der Waals surface area contributed by atoms with Crippen molar-refractivity contribution in [2.75, 3.05) is 65.8 Å². The average Bonchev–Trinajstić information content (AvgIpc) is 4.26. The van der Waals surface area contributed by atoms with Gasteiger partial charge in [-0.2, -0.15) is 32.4 Å². The molecule has 0 spiro atoms. The third kappa shape index (κ3) is 16.1. The van der Waals surface area contributed by atoms with Gasteiger partial charge < -0.3 is 40.0 Å². The van der Waals surface area contributed by atoms with Gasteiger partial charge in [-0.05, 0) is 77.9 Å². The number of amides is 2. The van der Waals surface area contributed by atoms with Crippen molar-refractivity contribution in [3.63, 3.8) is 0 Å². The number of hydrogen-bond acceptors (Lipinski definition) is 20. The van der Waals surface area contributed by atoms with Crippen molar-refractivity contribution in [3.05, 3.63) is 119 Å². The first-order chi connectivity index (χ1) is 38.3. The fraction of sp³-hybridized carbons (Fsp3) is 0.420. The van der Waals surface area contributed by atoms with E-state index in [9.17, 15) is 23.2 Å². The molecule has 25 nitrogen and oxygen atoms in total. The van der Waals surface area contributed by atoms with Gasteiger partial charge >= 0.3 is 37.0 Å². The fourth-order valence-corrected chi connectivity index (χ4v) is 8.10. The predicted octanol–water partition coefficient (Wildman–Crippen LogP) is 2.36. The third-order valence-corrected chi connectivity index (χ3v) is 12.1. The van der Waals surface area contributed by atoms with E-state index in [1.54, 1.807) is 50.8 Å². The van der Waals surface area contributed by atoms with Crippen LogP contribution in [0, 0.1) is 11.6 Å². The first-order valence-electron chi connectivity index (χ1n) is 25.6. The molecule has 7 aromatic rings. The number of esters is 1. The Morgan fingerprint density at radius 2 is 1.42 bits per heavy atom. The number of epoxide rings is 1. The van der Waals surface area contributed by atoms with Crippen LogP contribution in [0.15, 0.2) is 79.1 Å². The van der Waals surface area contributed by atoms with Gasteiger partial charge in [-0.15, -0.1) is 10.2 Å². The minimum Gasteiger partial charge on any atom is -1.00 e. The first-order valence-corrected chi connectivity index (χ1v) is 25.5. The van der Waals surface area contributed by atoms with E-state index in [4.69, 9.17) is 30.2 Å². The zero-order valence-electron chi connectivity index (χ0n) is 46.1. The molecule has 2 N–H and O–H groups in total. The van der Waals surface area contributed by atoms with Crippen LogP contribution >= 0.6 is 12.6 Å². The van der Waals surface area contributed by atoms with Crippen molar-refractivity contribution in [1.82, 2.24) is 60.0 Å². The number of anilines is 4. The van der Waals surface area contributed by atoms with Gasteiger partial charge in [-0.3, -0.25) is 15.0 Å². The number of thiol groups is 1. The molecule has 0 bridgehead atoms. The molecule has 9 heterocycles. The van der Waals surface area contributed by atoms with E-state index in [0.29, 0.717) is 62.5 Å². The molecule has 3 fully saturated rings. The topological polar surface area (TPSA) is 265 Å². The molecule has 2 atom stereocenters. The summed E-state index contributed by atoms with van der Waals surface area (Å²) in [5.74, 6) is -0.0991. The van der Waals surface area contributed by atoms with Crippen molar-refractivity contribution in [3.8, 4) is 11.4 Å². The molecule has 4 aromatic heterocycles. The molecule has 0 radical (unpaired) electrons. The number of fused-ring (bicyclic) bond motifs is 2. The molecule has 5 aliphatic rings. The van der Waals surface area contributed by atoms with Crippen LogP contribution in [0.2, 0.25) is 0 Å². The second-order valence-corrected chi connectivity index (χ2v) is 18.0. The Bertz CT molecular complexity index is 3100. The number of cyclic esters (lactones) is 1. The van der Waals surface area contributed by atoms with Gasteiger partial charge in [0.1, 0.15) is 36.8 Å². The zero-order chi connectivity index (χ0) is 55.8. The fourth-order valence-electron chi connectivity index (χ4n) is 8.10. The molecule has 0 saturated carbocycles. The predicted molar refractivity (Wildman–Crippen MR) is 281 cm³/mol. The van der Waals surface area contributed by atoms with Gasteiger partial charge in [-0.25, -0.2) is 27.7 Å². The van der Waals surface area contributed by atoms with Gasteiger partial charge in [0, 0.05) is 63.3 Å². The Hall–Kier alpha value is -7.48. The molecule has 79 heavy (non-hydrogen) atoms. The van der Waals surface area contributed by atoms with Gasteiger partial charge in [0.15, 0.2) is 11.6 Å². The summed E-state index contributed by atoms with van der Waals surface area (Å²) < 4.78 is 63.4. The number of tetrazole rings is 2. The summed E-state index contributed by atoms with van der Waals surface area (Å²) in [6.07, 6.45) is 6.01. The molecule has 29 heteroatoms. The molecule has 5 aliphatic heterocycles. The number of benzene rings is 3. The number of rotatable bonds is 13. The quantitative estimate of drug-likeness (QED) is 0.0492. The molecule has 3 aromatic carbocycles. The van der Waals surface area contributed by atoms with Crippen LogP contribution in [-0.4, -0.2) is 141 Å². The molecular weight excluding hydrogens is 1050 g/mol. The third-order valence-electron chi connectivity index (χ3n) is 12.1. The van der Waals surface area contributed by atoms with Crippen LogP contribution in [0.5, 0.6) is 0 Å². The maximum atomic E-state index is 14.8. The van der Waals surface area contributed by atoms with E-state index in [2.05, 4.69) is 59.0 Å². The van der Waals surface area contributed by atoms with Crippen LogP contribution < -0.4 is 38.9 Å². The summed E-state index contributed by atoms with van der Waals surface area (Å²) >= 11 is 3.46. The van der Waals surface area contributed by atoms with Crippen LogP contribution in [0.4, 0.5) is 41.6 Å². The van der Waals surface area contributed by atoms with Crippen LogP contribution in [-0.2, 0) is 75.4 Å². The second-order valence-electron chi connectivity index (χ2n) is 18.0. The van der Waals surface area contributed by atoms with Crippen LogP contribution in [0.1, 0.15) is 63.5 Å². The normalized spacial score (nSPS) is 16.5. The minimum atomic E-state index is -0.656. The Morgan fingerprint density at radius 3 is 1.89 bits per heavy atom. The number of halogens is 2. The number of aromatic nitrogens is 12. The van der Waals surface area contributed by atoms with Gasteiger partial charge in [0.25, 0.3) is 11.9 Å². The summed E-state index contributed by atoms with van der Waals surface area (Å²) in [6, 6.07) is 18.2. The number of ether oxygens (including phenoxy) is 5. The number of aliphatic hydroxyl groups is 1. The molecule has 0 unspecified atom stereocenters. The summed E-state index contributed by atoms with van der Waals surface area (Å²) in [5.41, 5.74) is 5.64. The molecule has 416 valence electrons. The Labute approximate surface area is 473 Å². The molecule has 3 saturated heterocycles. The largest absolute Gasteiger partial charge is 1.00 e. The Kier molecular flexibility index (Phi) is 20.7. The Morgan fingerprint density at radius 1 is 0.835 bits per heavy atom. The number of aryl methyl sites for hydroxylation is 2. The van der Waals surface area contributed by atoms with Crippen molar-refractivity contribution >= 4 is 54.1 Å². The summed E-state index contributed by atoms with van der Waals surface area (Å²) in [7, 11) is 3.40. The molecular formula is C50H61F2LiN16O9S. The standard InChI is InChI=1S/C21H19FN8O2.C17H17FN8O3.C7H12O3.C4H8O.CH4S.Li.H/c1-28-26-20(24-27-28)29-10-15-11-30(25-18(15)12-29)19-8-7-16(9-17(19)22)23-21(31)32-13-14-5-3-2-4-6-14;1-23-21-16(19-22-23)24-5-10-6-26(20-14(10)8-24)15-3-2-11(4-13(15)18)25-7-12(9-27)29-17(25)28;1-2-3-7(8)10-5-6-4-9-6;1-2-4-5-3-1;1-2;;/h2-9,11H,10,12-13H2,1H3,(H,23,31);2-4,6,12,27H,5,7-9H2,1H3;6H,2-5H2,1H3;1-4H2;2H,1H3;;/q;;;;;+1;-1/t;12-;6-;;;;/m.11..../s1/i;;;;1D;;. The maximum absolute atomic E-state index is 14.8. The zero-order valence-corrected chi connectivity index (χ0v) is 45.0. The van der Waals surface area contributed by atoms with E-state index >= 15 is 0 Å².